The van der Waals surface area contributed by atoms with E-state index in [1.54, 1.807) is 4.57 Å². The Bertz CT molecular complexity index is 7930. The first-order valence-electron chi connectivity index (χ1n) is 43.7. The third-order valence-corrected chi connectivity index (χ3v) is 22.0. The molecule has 0 bridgehead atoms. The van der Waals surface area contributed by atoms with Gasteiger partial charge in [0.1, 0.15) is 22.3 Å². The molecule has 0 aliphatic carbocycles. The number of fused-ring (bicyclic) bond motifs is 19. The van der Waals surface area contributed by atoms with Crippen LogP contribution in [0, 0.1) is 0 Å². The Morgan fingerprint density at radius 3 is 1.28 bits per heavy atom. The van der Waals surface area contributed by atoms with E-state index in [1.807, 2.05) is 140 Å². The second kappa shape index (κ2) is 22.2. The van der Waals surface area contributed by atoms with E-state index in [9.17, 15) is 19.2 Å². The van der Waals surface area contributed by atoms with Crippen molar-refractivity contribution in [3.05, 3.63) is 326 Å². The molecule has 0 saturated carbocycles. The minimum Gasteiger partial charge on any atom is -0.456 e. The topological polar surface area (TPSA) is 47.6 Å². The van der Waals surface area contributed by atoms with Crippen LogP contribution in [0.4, 0.5) is 34.1 Å². The van der Waals surface area contributed by atoms with Crippen LogP contribution in [-0.4, -0.2) is 20.4 Å². The Morgan fingerprint density at radius 2 is 0.745 bits per heavy atom. The molecular weight excluding hydrogens is 1290 g/mol. The largest absolute Gasteiger partial charge is 0.456 e. The molecule has 5 aromatic heterocycles. The second-order valence-corrected chi connectivity index (χ2v) is 30.0. The average Bonchev–Trinajstić information content (AvgIpc) is 0.954. The van der Waals surface area contributed by atoms with Gasteiger partial charge in [0.05, 0.1) is 82.9 Å². The highest BCUT2D eigenvalue weighted by Gasteiger charge is 2.46. The van der Waals surface area contributed by atoms with Gasteiger partial charge in [-0.2, -0.15) is 0 Å². The van der Waals surface area contributed by atoms with Crippen LogP contribution in [0.2, 0.25) is 0 Å². The Morgan fingerprint density at radius 1 is 0.302 bits per heavy atom. The number of hydrogen-bond donors (Lipinski definition) is 0. The van der Waals surface area contributed by atoms with Crippen molar-refractivity contribution < 1.29 is 30.8 Å². The molecule has 502 valence electrons. The standard InChI is InChI=1S/C98H70BN5O2/c1-97(2,3)62-41-48-82-74(53-62)75-54-63(98(4,5)6)42-49-83(75)101(82)64-43-46-76-84(55-64)103(86-51-61(59-25-9-7-10-26-59)52-92-93(86)72-33-17-23-39-89(72)106-92)87-57-66(102-80-37-21-15-31-70(80)71-32-16-22-38-81(71)102)58-88-95(87)99(76)77-47-44-65(100-78-35-19-13-29-68(78)69-30-14-20-36-79(69)100)56-85(77)104(88)96-67(60-27-11-8-12-28-60)45-50-91-94(96)73-34-18-24-40-90(73)105-91/h7-58H,1-6H3/i13D,14D,15D,16D,19D,20D,21D,22D,29D,30D,31D,32D,35D,36D,37D,38D. The van der Waals surface area contributed by atoms with Crippen molar-refractivity contribution in [1.29, 1.82) is 0 Å². The van der Waals surface area contributed by atoms with Gasteiger partial charge in [-0.3, -0.25) is 0 Å². The van der Waals surface area contributed by atoms with E-state index in [0.29, 0.717) is 83.7 Å². The van der Waals surface area contributed by atoms with Crippen molar-refractivity contribution in [2.75, 3.05) is 9.80 Å². The van der Waals surface area contributed by atoms with Gasteiger partial charge in [-0.25, -0.2) is 0 Å². The summed E-state index contributed by atoms with van der Waals surface area (Å²) in [4.78, 5) is 4.40. The first kappa shape index (κ1) is 46.5. The lowest BCUT2D eigenvalue weighted by Gasteiger charge is -2.45. The van der Waals surface area contributed by atoms with Gasteiger partial charge in [-0.1, -0.05) is 235 Å². The number of anilines is 6. The highest BCUT2D eigenvalue weighted by molar-refractivity contribution is 7.00. The third-order valence-electron chi connectivity index (χ3n) is 22.0. The van der Waals surface area contributed by atoms with Crippen LogP contribution in [0.1, 0.15) is 74.6 Å². The SMILES string of the molecule is [2H]c1c([2H])c([2H])c2c(c1[2H])c1c([2H])c([2H])c([2H])c([2H])c1n2-c1ccc2c(c1)N(c1c(-c3ccccc3)ccc3oc4ccccc4c13)c1cc(-n3c4c([2H])c([2H])c([2H])c([2H])c4c4c([2H])c([2H])c([2H])c([2H])c43)cc3c1B2c1ccc(-n2c4ccc(C(C)(C)C)cc4c4cc(C(C)(C)C)ccc42)cc1N3c1cc(-c2ccccc2)cc2oc3ccccc3c12. The van der Waals surface area contributed by atoms with E-state index >= 15 is 0 Å². The smallest absolute Gasteiger partial charge is 0.252 e. The summed E-state index contributed by atoms with van der Waals surface area (Å²) in [6.45, 7) is 12.5. The second-order valence-electron chi connectivity index (χ2n) is 30.0. The molecule has 15 aromatic carbocycles. The fraction of sp³-hybridized carbons (Fsp3) is 0.0816. The van der Waals surface area contributed by atoms with Crippen molar-refractivity contribution in [3.63, 3.8) is 0 Å². The van der Waals surface area contributed by atoms with Crippen LogP contribution >= 0.6 is 0 Å². The summed E-state index contributed by atoms with van der Waals surface area (Å²) in [5.74, 6) is 0. The molecule has 0 spiro atoms. The van der Waals surface area contributed by atoms with Crippen LogP contribution in [-0.2, 0) is 10.8 Å². The van der Waals surface area contributed by atoms with Crippen LogP contribution in [0.3, 0.4) is 0 Å². The molecule has 0 saturated heterocycles. The van der Waals surface area contributed by atoms with E-state index < -0.39 is 103 Å². The van der Waals surface area contributed by atoms with Crippen LogP contribution < -0.4 is 26.2 Å². The van der Waals surface area contributed by atoms with Gasteiger partial charge < -0.3 is 32.3 Å². The van der Waals surface area contributed by atoms with Crippen molar-refractivity contribution >= 4 is 167 Å². The maximum Gasteiger partial charge on any atom is 0.252 e. The highest BCUT2D eigenvalue weighted by atomic mass is 16.3. The van der Waals surface area contributed by atoms with Crippen LogP contribution in [0.15, 0.2) is 324 Å². The lowest BCUT2D eigenvalue weighted by atomic mass is 9.33. The van der Waals surface area contributed by atoms with Crippen molar-refractivity contribution in [2.45, 2.75) is 52.4 Å². The van der Waals surface area contributed by atoms with E-state index in [0.717, 1.165) is 71.5 Å². The molecule has 7 nitrogen and oxygen atoms in total. The van der Waals surface area contributed by atoms with Crippen LogP contribution in [0.25, 0.3) is 149 Å². The van der Waals surface area contributed by atoms with E-state index in [-0.39, 0.29) is 65.8 Å². The Balaban J connectivity index is 0.979. The van der Waals surface area contributed by atoms with Gasteiger partial charge in [0.15, 0.2) is 0 Å². The van der Waals surface area contributed by atoms with E-state index in [1.165, 1.54) is 4.57 Å². The van der Waals surface area contributed by atoms with Crippen molar-refractivity contribution in [3.8, 4) is 39.3 Å². The summed E-state index contributed by atoms with van der Waals surface area (Å²) in [7, 11) is 0. The Hall–Kier alpha value is -13.0. The molecular formula is C98H70BN5O2. The molecule has 0 amide bonds. The number of para-hydroxylation sites is 6. The molecule has 20 aromatic rings. The lowest BCUT2D eigenvalue weighted by molar-refractivity contribution is 0.590. The molecule has 8 heteroatoms. The first-order valence-corrected chi connectivity index (χ1v) is 35.7. The van der Waals surface area contributed by atoms with Gasteiger partial charge in [-0.05, 0) is 176 Å². The number of nitrogens with zero attached hydrogens (tertiary/aromatic N) is 5. The van der Waals surface area contributed by atoms with Crippen molar-refractivity contribution in [2.24, 2.45) is 0 Å². The zero-order chi connectivity index (χ0) is 84.5. The molecule has 0 unspecified atom stereocenters. The predicted octanol–water partition coefficient (Wildman–Crippen LogP) is 24.8. The number of furan rings is 2. The summed E-state index contributed by atoms with van der Waals surface area (Å²) in [6.07, 6.45) is 0. The summed E-state index contributed by atoms with van der Waals surface area (Å²) in [5.41, 5.74) is 15.3. The normalized spacial score (nSPS) is 15.2. The van der Waals surface area contributed by atoms with E-state index in [4.69, 9.17) is 11.6 Å². The van der Waals surface area contributed by atoms with Gasteiger partial charge >= 0.3 is 0 Å². The van der Waals surface area contributed by atoms with Crippen molar-refractivity contribution in [1.82, 2.24) is 13.7 Å². The average molecular weight is 1380 g/mol. The van der Waals surface area contributed by atoms with Gasteiger partial charge in [-0.15, -0.1) is 0 Å². The molecule has 7 heterocycles. The number of aromatic nitrogens is 3. The van der Waals surface area contributed by atoms with Gasteiger partial charge in [0, 0.05) is 82.8 Å². The number of benzene rings is 15. The maximum atomic E-state index is 10.2. The van der Waals surface area contributed by atoms with Crippen LogP contribution in [0.5, 0.6) is 0 Å². The van der Waals surface area contributed by atoms with Gasteiger partial charge in [0.25, 0.3) is 6.71 Å². The Labute approximate surface area is 635 Å². The summed E-state index contributed by atoms with van der Waals surface area (Å²) >= 11 is 0. The molecule has 0 fully saturated rings. The first-order chi connectivity index (χ1) is 58.5. The summed E-state index contributed by atoms with van der Waals surface area (Å²) in [5, 5.41) is 4.48. The fourth-order valence-corrected chi connectivity index (χ4v) is 17.1. The zero-order valence-electron chi connectivity index (χ0n) is 74.4. The lowest BCUT2D eigenvalue weighted by Crippen LogP contribution is -2.61. The highest BCUT2D eigenvalue weighted by Crippen LogP contribution is 2.55. The predicted molar refractivity (Wildman–Crippen MR) is 446 cm³/mol. The summed E-state index contributed by atoms with van der Waals surface area (Å²) < 4.78 is 174. The van der Waals surface area contributed by atoms with Gasteiger partial charge in [0.2, 0.25) is 0 Å². The minimum atomic E-state index is -0.841. The minimum absolute atomic E-state index is 0.102. The fourth-order valence-electron chi connectivity index (χ4n) is 17.1. The van der Waals surface area contributed by atoms with E-state index in [2.05, 4.69) is 135 Å². The Kier molecular flexibility index (Phi) is 9.77. The molecule has 22 rings (SSSR count). The molecule has 2 aliphatic rings. The monoisotopic (exact) mass is 1380 g/mol. The molecule has 2 aliphatic heterocycles. The third kappa shape index (κ3) is 8.76. The zero-order valence-corrected chi connectivity index (χ0v) is 58.4. The molecule has 0 atom stereocenters. The molecule has 0 radical (unpaired) electrons. The maximum absolute atomic E-state index is 10.2. The number of rotatable bonds is 7. The molecule has 106 heavy (non-hydrogen) atoms. The quantitative estimate of drug-likeness (QED) is 0.149. The summed E-state index contributed by atoms with van der Waals surface area (Å²) in [6, 6.07) is 64.5. The molecule has 0 N–H and O–H groups in total. The number of hydrogen-bond acceptors (Lipinski definition) is 4.